The quantitative estimate of drug-likeness (QED) is 0.783. The summed E-state index contributed by atoms with van der Waals surface area (Å²) in [7, 11) is 1.79. The van der Waals surface area contributed by atoms with Crippen LogP contribution in [0.25, 0.3) is 11.4 Å². The van der Waals surface area contributed by atoms with Crippen molar-refractivity contribution >= 4 is 17.7 Å². The third kappa shape index (κ3) is 4.34. The highest BCUT2D eigenvalue weighted by atomic mass is 32.2. The van der Waals surface area contributed by atoms with Crippen molar-refractivity contribution in [2.45, 2.75) is 56.5 Å². The van der Waals surface area contributed by atoms with Crippen LogP contribution in [-0.2, 0) is 11.8 Å². The fraction of sp³-hybridized carbons (Fsp3) is 0.550. The molecular formula is C20H27FN4OS. The molecule has 3 rings (SSSR count). The topological polar surface area (TPSA) is 59.8 Å². The highest BCUT2D eigenvalue weighted by molar-refractivity contribution is 8.00. The first kappa shape index (κ1) is 19.9. The van der Waals surface area contributed by atoms with Gasteiger partial charge in [-0.15, -0.1) is 10.2 Å². The fourth-order valence-electron chi connectivity index (χ4n) is 3.59. The maximum atomic E-state index is 14.0. The van der Waals surface area contributed by atoms with Gasteiger partial charge < -0.3 is 9.88 Å². The summed E-state index contributed by atoms with van der Waals surface area (Å²) in [5.41, 5.74) is 0.404. The number of hydrogen-bond acceptors (Lipinski definition) is 4. The molecule has 1 aromatic carbocycles. The zero-order valence-electron chi connectivity index (χ0n) is 16.3. The number of amides is 1. The molecule has 27 heavy (non-hydrogen) atoms. The average molecular weight is 391 g/mol. The Labute approximate surface area is 164 Å². The maximum absolute atomic E-state index is 14.0. The zero-order valence-corrected chi connectivity index (χ0v) is 17.1. The van der Waals surface area contributed by atoms with Gasteiger partial charge in [0.15, 0.2) is 11.0 Å². The molecule has 1 heterocycles. The predicted molar refractivity (Wildman–Crippen MR) is 106 cm³/mol. The van der Waals surface area contributed by atoms with Gasteiger partial charge in [-0.1, -0.05) is 50.6 Å². The molecule has 0 radical (unpaired) electrons. The van der Waals surface area contributed by atoms with Gasteiger partial charge in [-0.25, -0.2) is 4.39 Å². The number of thioether (sulfide) groups is 1. The summed E-state index contributed by atoms with van der Waals surface area (Å²) >= 11 is 1.35. The first-order valence-corrected chi connectivity index (χ1v) is 10.4. The van der Waals surface area contributed by atoms with Crippen LogP contribution in [0.15, 0.2) is 29.4 Å². The highest BCUT2D eigenvalue weighted by Gasteiger charge is 2.30. The monoisotopic (exact) mass is 390 g/mol. The van der Waals surface area contributed by atoms with E-state index in [0.29, 0.717) is 28.4 Å². The largest absolute Gasteiger partial charge is 0.352 e. The van der Waals surface area contributed by atoms with Crippen LogP contribution in [0.5, 0.6) is 0 Å². The minimum Gasteiger partial charge on any atom is -0.352 e. The fourth-order valence-corrected chi connectivity index (χ4v) is 4.42. The molecule has 1 aliphatic rings. The van der Waals surface area contributed by atoms with Crippen LogP contribution in [0.3, 0.4) is 0 Å². The normalized spacial score (nSPS) is 23.8. The van der Waals surface area contributed by atoms with Gasteiger partial charge in [0.25, 0.3) is 0 Å². The minimum absolute atomic E-state index is 0.0152. The molecule has 0 saturated heterocycles. The maximum Gasteiger partial charge on any atom is 0.233 e. The summed E-state index contributed by atoms with van der Waals surface area (Å²) in [6, 6.07) is 6.72. The van der Waals surface area contributed by atoms with Gasteiger partial charge in [-0.2, -0.15) is 0 Å². The Balaban J connectivity index is 1.67. The Morgan fingerprint density at radius 3 is 2.78 bits per heavy atom. The van der Waals surface area contributed by atoms with Crippen molar-refractivity contribution in [2.24, 2.45) is 18.9 Å². The van der Waals surface area contributed by atoms with Crippen molar-refractivity contribution < 1.29 is 9.18 Å². The van der Waals surface area contributed by atoms with Crippen LogP contribution >= 0.6 is 11.8 Å². The van der Waals surface area contributed by atoms with Gasteiger partial charge in [0.2, 0.25) is 5.91 Å². The van der Waals surface area contributed by atoms with Crippen LogP contribution in [0, 0.1) is 17.7 Å². The average Bonchev–Trinajstić information content (AvgIpc) is 3.00. The van der Waals surface area contributed by atoms with Crippen LogP contribution in [0.4, 0.5) is 4.39 Å². The lowest BCUT2D eigenvalue weighted by Crippen LogP contribution is -2.46. The van der Waals surface area contributed by atoms with E-state index in [0.717, 1.165) is 12.8 Å². The second kappa shape index (κ2) is 8.42. The standard InChI is InChI=1S/C20H27FN4OS/c1-12-8-7-11-17(13(12)2)22-19(26)14(3)27-20-24-23-18(25(20)4)15-9-5-6-10-16(15)21/h5-6,9-10,12-14,17H,7-8,11H2,1-4H3,(H,22,26)/t12-,13-,14-,17+/m1/s1. The van der Waals surface area contributed by atoms with Crippen molar-refractivity contribution in [1.82, 2.24) is 20.1 Å². The number of nitrogens with zero attached hydrogens (tertiary/aromatic N) is 3. The molecule has 0 unspecified atom stereocenters. The lowest BCUT2D eigenvalue weighted by Gasteiger charge is -2.35. The van der Waals surface area contributed by atoms with E-state index in [1.165, 1.54) is 24.2 Å². The van der Waals surface area contributed by atoms with Crippen molar-refractivity contribution in [3.63, 3.8) is 0 Å². The first-order chi connectivity index (χ1) is 12.9. The lowest BCUT2D eigenvalue weighted by molar-refractivity contribution is -0.121. The third-order valence-electron chi connectivity index (χ3n) is 5.64. The molecule has 0 spiro atoms. The van der Waals surface area contributed by atoms with Gasteiger partial charge in [-0.05, 0) is 37.3 Å². The molecule has 1 N–H and O–H groups in total. The van der Waals surface area contributed by atoms with Crippen LogP contribution in [-0.4, -0.2) is 32.0 Å². The molecule has 2 aromatic rings. The third-order valence-corrected chi connectivity index (χ3v) is 6.77. The molecule has 1 aromatic heterocycles. The number of hydrogen-bond donors (Lipinski definition) is 1. The van der Waals surface area contributed by atoms with Gasteiger partial charge in [0.1, 0.15) is 5.82 Å². The Morgan fingerprint density at radius 1 is 1.30 bits per heavy atom. The second-order valence-corrected chi connectivity index (χ2v) is 8.80. The van der Waals surface area contributed by atoms with E-state index in [1.54, 1.807) is 29.8 Å². The predicted octanol–water partition coefficient (Wildman–Crippen LogP) is 4.04. The summed E-state index contributed by atoms with van der Waals surface area (Å²) in [5, 5.41) is 11.8. The van der Waals surface area contributed by atoms with Gasteiger partial charge >= 0.3 is 0 Å². The number of aromatic nitrogens is 3. The molecule has 146 valence electrons. The SMILES string of the molecule is C[C@@H]1[C@H](C)CCC[C@@H]1NC(=O)[C@@H](C)Sc1nnc(-c2ccccc2F)n1C. The molecule has 1 saturated carbocycles. The molecule has 0 aliphatic heterocycles. The van der Waals surface area contributed by atoms with Crippen molar-refractivity contribution in [3.8, 4) is 11.4 Å². The van der Waals surface area contributed by atoms with E-state index >= 15 is 0 Å². The summed E-state index contributed by atoms with van der Waals surface area (Å²) < 4.78 is 15.8. The van der Waals surface area contributed by atoms with Crippen LogP contribution in [0.2, 0.25) is 0 Å². The number of carbonyl (C=O) groups is 1. The van der Waals surface area contributed by atoms with Crippen molar-refractivity contribution in [2.75, 3.05) is 0 Å². The van der Waals surface area contributed by atoms with Gasteiger partial charge in [-0.3, -0.25) is 4.79 Å². The summed E-state index contributed by atoms with van der Waals surface area (Å²) in [5.74, 6) is 1.26. The van der Waals surface area contributed by atoms with Gasteiger partial charge in [0.05, 0.1) is 10.8 Å². The lowest BCUT2D eigenvalue weighted by atomic mass is 9.78. The van der Waals surface area contributed by atoms with Crippen molar-refractivity contribution in [3.05, 3.63) is 30.1 Å². The van der Waals surface area contributed by atoms with Crippen molar-refractivity contribution in [1.29, 1.82) is 0 Å². The first-order valence-electron chi connectivity index (χ1n) is 9.49. The van der Waals surface area contributed by atoms with Gasteiger partial charge in [0, 0.05) is 13.1 Å². The molecule has 1 aliphatic carbocycles. The van der Waals surface area contributed by atoms with E-state index in [9.17, 15) is 9.18 Å². The molecule has 5 nitrogen and oxygen atoms in total. The number of carbonyl (C=O) groups excluding carboxylic acids is 1. The molecule has 1 fully saturated rings. The Hall–Kier alpha value is -1.89. The zero-order chi connectivity index (χ0) is 19.6. The molecule has 1 amide bonds. The Morgan fingerprint density at radius 2 is 2.04 bits per heavy atom. The summed E-state index contributed by atoms with van der Waals surface area (Å²) in [6.07, 6.45) is 3.43. The summed E-state index contributed by atoms with van der Waals surface area (Å²) in [6.45, 7) is 6.34. The van der Waals surface area contributed by atoms with E-state index in [4.69, 9.17) is 0 Å². The number of rotatable bonds is 5. The summed E-state index contributed by atoms with van der Waals surface area (Å²) in [4.78, 5) is 12.7. The van der Waals surface area contributed by atoms with E-state index in [-0.39, 0.29) is 23.0 Å². The highest BCUT2D eigenvalue weighted by Crippen LogP contribution is 2.31. The van der Waals surface area contributed by atoms with E-state index < -0.39 is 0 Å². The smallest absolute Gasteiger partial charge is 0.233 e. The number of nitrogens with one attached hydrogen (secondary N) is 1. The van der Waals surface area contributed by atoms with Crippen LogP contribution in [0.1, 0.15) is 40.0 Å². The Kier molecular flexibility index (Phi) is 6.19. The van der Waals surface area contributed by atoms with Crippen LogP contribution < -0.4 is 5.32 Å². The molecular weight excluding hydrogens is 363 g/mol. The molecule has 4 atom stereocenters. The van der Waals surface area contributed by atoms with E-state index in [1.807, 2.05) is 6.92 Å². The van der Waals surface area contributed by atoms with E-state index in [2.05, 4.69) is 29.4 Å². The molecule has 7 heteroatoms. The second-order valence-electron chi connectivity index (χ2n) is 7.49. The number of benzene rings is 1. The molecule has 0 bridgehead atoms. The Bertz CT molecular complexity index is 809. The minimum atomic E-state index is -0.337. The number of halogens is 1.